The number of carbonyl (C=O) groups is 2. The predicted octanol–water partition coefficient (Wildman–Crippen LogP) is 2.23. The molecule has 2 aliphatic heterocycles. The van der Waals surface area contributed by atoms with Gasteiger partial charge in [0.05, 0.1) is 23.1 Å². The molecule has 0 saturated heterocycles. The van der Waals surface area contributed by atoms with E-state index in [2.05, 4.69) is 6.07 Å². The molecule has 0 aromatic heterocycles. The van der Waals surface area contributed by atoms with E-state index in [9.17, 15) is 14.9 Å². The monoisotopic (exact) mass is 370 g/mol. The van der Waals surface area contributed by atoms with E-state index in [0.29, 0.717) is 12.1 Å². The molecule has 1 unspecified atom stereocenters. The van der Waals surface area contributed by atoms with Crippen LogP contribution in [0.5, 0.6) is 0 Å². The second kappa shape index (κ2) is 6.71. The number of nitrogens with two attached hydrogens (primary N) is 1. The minimum absolute atomic E-state index is 0.204. The number of amides is 2. The third-order valence-electron chi connectivity index (χ3n) is 5.15. The van der Waals surface area contributed by atoms with Gasteiger partial charge in [0.2, 0.25) is 0 Å². The van der Waals surface area contributed by atoms with Gasteiger partial charge in [-0.15, -0.1) is 0 Å². The summed E-state index contributed by atoms with van der Waals surface area (Å²) in [5, 5.41) is 9.87. The van der Waals surface area contributed by atoms with Crippen molar-refractivity contribution in [2.75, 3.05) is 7.05 Å². The summed E-state index contributed by atoms with van der Waals surface area (Å²) in [6.45, 7) is 0.297. The van der Waals surface area contributed by atoms with Crippen LogP contribution in [0.15, 0.2) is 83.3 Å². The van der Waals surface area contributed by atoms with E-state index in [1.54, 1.807) is 4.90 Å². The number of hydrogen-bond acceptors (Lipinski definition) is 5. The van der Waals surface area contributed by atoms with Gasteiger partial charge in [-0.3, -0.25) is 14.5 Å². The Morgan fingerprint density at radius 2 is 1.61 bits per heavy atom. The van der Waals surface area contributed by atoms with Crippen molar-refractivity contribution < 1.29 is 9.59 Å². The van der Waals surface area contributed by atoms with Crippen LogP contribution < -0.4 is 5.73 Å². The molecular formula is C22H18N4O2. The molecule has 2 heterocycles. The van der Waals surface area contributed by atoms with Crippen LogP contribution in [0.25, 0.3) is 0 Å². The first kappa shape index (κ1) is 17.6. The summed E-state index contributed by atoms with van der Waals surface area (Å²) in [7, 11) is 1.45. The van der Waals surface area contributed by atoms with Crippen molar-refractivity contribution >= 4 is 11.8 Å². The maximum Gasteiger partial charge on any atom is 0.277 e. The first-order valence-corrected chi connectivity index (χ1v) is 8.87. The summed E-state index contributed by atoms with van der Waals surface area (Å²) in [4.78, 5) is 28.5. The van der Waals surface area contributed by atoms with Crippen LogP contribution in [0, 0.1) is 11.3 Å². The Labute approximate surface area is 162 Å². The second-order valence-corrected chi connectivity index (χ2v) is 6.76. The van der Waals surface area contributed by atoms with Crippen LogP contribution in [0.2, 0.25) is 0 Å². The Morgan fingerprint density at radius 3 is 2.21 bits per heavy atom. The first-order valence-electron chi connectivity index (χ1n) is 8.87. The summed E-state index contributed by atoms with van der Waals surface area (Å²) >= 11 is 0. The summed E-state index contributed by atoms with van der Waals surface area (Å²) in [6.07, 6.45) is 0. The Hall–Kier alpha value is -3.85. The van der Waals surface area contributed by atoms with Crippen LogP contribution in [0.3, 0.4) is 0 Å². The van der Waals surface area contributed by atoms with Crippen LogP contribution in [0.1, 0.15) is 17.0 Å². The Balaban J connectivity index is 1.92. The summed E-state index contributed by atoms with van der Waals surface area (Å²) < 4.78 is 0. The number of likely N-dealkylation sites (N-methyl/N-ethyl adjacent to an activating group) is 1. The van der Waals surface area contributed by atoms with Gasteiger partial charge in [-0.1, -0.05) is 60.7 Å². The van der Waals surface area contributed by atoms with Crippen molar-refractivity contribution in [3.05, 3.63) is 94.5 Å². The smallest absolute Gasteiger partial charge is 0.277 e. The fourth-order valence-electron chi connectivity index (χ4n) is 3.76. The molecule has 2 aliphatic rings. The van der Waals surface area contributed by atoms with Crippen LogP contribution in [-0.4, -0.2) is 28.7 Å². The highest BCUT2D eigenvalue weighted by Crippen LogP contribution is 2.44. The summed E-state index contributed by atoms with van der Waals surface area (Å²) in [5.74, 6) is -1.26. The SMILES string of the molecule is CN1C(=O)C2=C(C1=O)N(Cc1ccccc1)C(N)=C(C#N)C2c1ccccc1. The lowest BCUT2D eigenvalue weighted by Crippen LogP contribution is -2.36. The molecule has 2 aromatic rings. The van der Waals surface area contributed by atoms with Gasteiger partial charge in [0.1, 0.15) is 11.5 Å². The highest BCUT2D eigenvalue weighted by Gasteiger charge is 2.48. The normalized spacial score (nSPS) is 19.2. The van der Waals surface area contributed by atoms with E-state index in [1.807, 2.05) is 60.7 Å². The molecule has 138 valence electrons. The summed E-state index contributed by atoms with van der Waals surface area (Å²) in [6, 6.07) is 20.9. The topological polar surface area (TPSA) is 90.4 Å². The van der Waals surface area contributed by atoms with Gasteiger partial charge in [-0.2, -0.15) is 5.26 Å². The quantitative estimate of drug-likeness (QED) is 0.837. The minimum atomic E-state index is -0.658. The van der Waals surface area contributed by atoms with E-state index in [0.717, 1.165) is 16.0 Å². The molecule has 6 heteroatoms. The lowest BCUT2D eigenvalue weighted by Gasteiger charge is -2.33. The zero-order valence-electron chi connectivity index (χ0n) is 15.3. The lowest BCUT2D eigenvalue weighted by molar-refractivity contribution is -0.136. The number of carbonyl (C=O) groups excluding carboxylic acids is 2. The van der Waals surface area contributed by atoms with Crippen molar-refractivity contribution in [3.63, 3.8) is 0 Å². The number of rotatable bonds is 3. The van der Waals surface area contributed by atoms with Crippen molar-refractivity contribution in [1.29, 1.82) is 5.26 Å². The largest absolute Gasteiger partial charge is 0.384 e. The number of hydrogen-bond donors (Lipinski definition) is 1. The summed E-state index contributed by atoms with van der Waals surface area (Å²) in [5.41, 5.74) is 8.89. The Bertz CT molecular complexity index is 1060. The van der Waals surface area contributed by atoms with E-state index in [4.69, 9.17) is 5.73 Å². The fraction of sp³-hybridized carbons (Fsp3) is 0.136. The first-order chi connectivity index (χ1) is 13.5. The molecule has 1 atom stereocenters. The number of allylic oxidation sites excluding steroid dienone is 1. The molecule has 0 saturated carbocycles. The molecule has 0 radical (unpaired) electrons. The zero-order chi connectivity index (χ0) is 19.8. The number of nitrogens with zero attached hydrogens (tertiary/aromatic N) is 3. The molecule has 0 spiro atoms. The predicted molar refractivity (Wildman–Crippen MR) is 103 cm³/mol. The molecule has 6 nitrogen and oxygen atoms in total. The van der Waals surface area contributed by atoms with E-state index in [-0.39, 0.29) is 17.1 Å². The molecule has 2 aromatic carbocycles. The molecular weight excluding hydrogens is 352 g/mol. The maximum absolute atomic E-state index is 12.9. The third kappa shape index (κ3) is 2.57. The molecule has 0 fully saturated rings. The molecule has 0 bridgehead atoms. The fourth-order valence-corrected chi connectivity index (χ4v) is 3.76. The maximum atomic E-state index is 12.9. The third-order valence-corrected chi connectivity index (χ3v) is 5.15. The number of benzene rings is 2. The minimum Gasteiger partial charge on any atom is -0.384 e. The van der Waals surface area contributed by atoms with Crippen molar-refractivity contribution in [2.45, 2.75) is 12.5 Å². The van der Waals surface area contributed by atoms with Gasteiger partial charge >= 0.3 is 0 Å². The van der Waals surface area contributed by atoms with Gasteiger partial charge in [0.25, 0.3) is 11.8 Å². The Morgan fingerprint density at radius 1 is 1.00 bits per heavy atom. The zero-order valence-corrected chi connectivity index (χ0v) is 15.3. The van der Waals surface area contributed by atoms with Crippen LogP contribution in [-0.2, 0) is 16.1 Å². The highest BCUT2D eigenvalue weighted by atomic mass is 16.2. The molecule has 2 N–H and O–H groups in total. The van der Waals surface area contributed by atoms with Crippen molar-refractivity contribution in [1.82, 2.24) is 9.80 Å². The van der Waals surface area contributed by atoms with Gasteiger partial charge < -0.3 is 10.6 Å². The van der Waals surface area contributed by atoms with Gasteiger partial charge in [0, 0.05) is 13.6 Å². The average molecular weight is 370 g/mol. The number of nitriles is 1. The molecule has 0 aliphatic carbocycles. The average Bonchev–Trinajstić information content (AvgIpc) is 2.95. The second-order valence-electron chi connectivity index (χ2n) is 6.76. The highest BCUT2D eigenvalue weighted by molar-refractivity contribution is 6.20. The van der Waals surface area contributed by atoms with Gasteiger partial charge in [-0.05, 0) is 11.1 Å². The van der Waals surface area contributed by atoms with Crippen LogP contribution in [0.4, 0.5) is 0 Å². The van der Waals surface area contributed by atoms with Crippen LogP contribution >= 0.6 is 0 Å². The van der Waals surface area contributed by atoms with Crippen molar-refractivity contribution in [3.8, 4) is 6.07 Å². The molecule has 4 rings (SSSR count). The molecule has 2 amide bonds. The Kier molecular flexibility index (Phi) is 4.21. The van der Waals surface area contributed by atoms with E-state index < -0.39 is 17.7 Å². The van der Waals surface area contributed by atoms with E-state index in [1.165, 1.54) is 7.05 Å². The van der Waals surface area contributed by atoms with E-state index >= 15 is 0 Å². The molecule has 28 heavy (non-hydrogen) atoms. The standard InChI is InChI=1S/C22H18N4O2/c1-25-21(27)18-17(15-10-6-3-7-11-15)16(12-23)20(24)26(19(18)22(25)28)13-14-8-4-2-5-9-14/h2-11,17H,13,24H2,1H3. The number of imide groups is 1. The van der Waals surface area contributed by atoms with Gasteiger partial charge in [-0.25, -0.2) is 0 Å². The van der Waals surface area contributed by atoms with Crippen molar-refractivity contribution in [2.24, 2.45) is 5.73 Å². The van der Waals surface area contributed by atoms with Gasteiger partial charge in [0.15, 0.2) is 0 Å². The lowest BCUT2D eigenvalue weighted by atomic mass is 9.81.